The summed E-state index contributed by atoms with van der Waals surface area (Å²) >= 11 is 0. The molecule has 1 radical (unpaired) electrons. The number of amides is 2. The van der Waals surface area contributed by atoms with Gasteiger partial charge in [-0.3, -0.25) is 4.84 Å². The molecule has 0 unspecified atom stereocenters. The van der Waals surface area contributed by atoms with Crippen molar-refractivity contribution in [1.82, 2.24) is 14.8 Å². The van der Waals surface area contributed by atoms with Crippen molar-refractivity contribution in [3.05, 3.63) is 35.9 Å². The Balaban J connectivity index is 1.22. The molecule has 3 saturated heterocycles. The minimum Gasteiger partial charge on any atom is -0.387 e. The van der Waals surface area contributed by atoms with Crippen LogP contribution >= 0.6 is 0 Å². The summed E-state index contributed by atoms with van der Waals surface area (Å²) < 4.78 is 0. The Bertz CT molecular complexity index is 822. The number of rotatable bonds is 6. The predicted octanol–water partition coefficient (Wildman–Crippen LogP) is 1.42. The number of fused-ring (bicyclic) bond motifs is 2. The molecule has 0 aliphatic carbocycles. The molecule has 3 atom stereocenters. The highest BCUT2D eigenvalue weighted by Gasteiger charge is 2.52. The van der Waals surface area contributed by atoms with Gasteiger partial charge in [0.05, 0.1) is 24.0 Å². The molecule has 29 heavy (non-hydrogen) atoms. The normalized spacial score (nSPS) is 31.3. The van der Waals surface area contributed by atoms with Crippen LogP contribution < -0.4 is 0 Å². The second-order valence-electron chi connectivity index (χ2n) is 8.31. The van der Waals surface area contributed by atoms with E-state index in [1.54, 1.807) is 12.5 Å². The number of carbonyl (C=O) groups is 2. The second kappa shape index (κ2) is 7.46. The Morgan fingerprint density at radius 2 is 2.17 bits per heavy atom. The highest BCUT2D eigenvalue weighted by molar-refractivity contribution is 6.64. The number of hydrogen-bond acceptors (Lipinski definition) is 6. The molecule has 4 heterocycles. The van der Waals surface area contributed by atoms with E-state index in [0.29, 0.717) is 26.1 Å². The van der Waals surface area contributed by atoms with Gasteiger partial charge in [-0.1, -0.05) is 35.5 Å². The Morgan fingerprint density at radius 1 is 1.31 bits per heavy atom. The van der Waals surface area contributed by atoms with E-state index in [1.807, 2.05) is 40.0 Å². The molecule has 4 aliphatic heterocycles. The SMILES string of the molecule is O=C[B]N1CC[C@@]2(CC([C@@H]3CC[C@@H]4CN3C(=O)N4OCc3ccccc3)=NO2)C1. The van der Waals surface area contributed by atoms with Crippen molar-refractivity contribution in [2.75, 3.05) is 19.6 Å². The lowest BCUT2D eigenvalue weighted by atomic mass is 9.88. The van der Waals surface area contributed by atoms with Crippen LogP contribution in [0.4, 0.5) is 4.79 Å². The van der Waals surface area contributed by atoms with Crippen molar-refractivity contribution < 1.29 is 19.3 Å². The van der Waals surface area contributed by atoms with Crippen LogP contribution in [-0.4, -0.2) is 77.4 Å². The van der Waals surface area contributed by atoms with E-state index in [9.17, 15) is 9.59 Å². The van der Waals surface area contributed by atoms with Gasteiger partial charge in [0.15, 0.2) is 5.60 Å². The van der Waals surface area contributed by atoms with Crippen molar-refractivity contribution in [2.45, 2.75) is 50.0 Å². The van der Waals surface area contributed by atoms with E-state index in [4.69, 9.17) is 9.68 Å². The summed E-state index contributed by atoms with van der Waals surface area (Å²) in [6.45, 7) is 2.50. The molecule has 0 aromatic heterocycles. The van der Waals surface area contributed by atoms with Gasteiger partial charge in [-0.05, 0) is 24.9 Å². The number of nitrogens with zero attached hydrogens (tertiary/aromatic N) is 4. The monoisotopic (exact) mass is 395 g/mol. The smallest absolute Gasteiger partial charge is 0.344 e. The summed E-state index contributed by atoms with van der Waals surface area (Å²) in [5, 5.41) is 5.94. The topological polar surface area (TPSA) is 74.7 Å². The fourth-order valence-corrected chi connectivity index (χ4v) is 4.90. The predicted molar refractivity (Wildman–Crippen MR) is 107 cm³/mol. The van der Waals surface area contributed by atoms with Gasteiger partial charge in [0.1, 0.15) is 6.61 Å². The molecule has 151 valence electrons. The van der Waals surface area contributed by atoms with Gasteiger partial charge in [-0.2, -0.15) is 5.06 Å². The van der Waals surface area contributed by atoms with Crippen LogP contribution in [0.2, 0.25) is 0 Å². The lowest BCUT2D eigenvalue weighted by Crippen LogP contribution is -2.46. The van der Waals surface area contributed by atoms with Crippen molar-refractivity contribution in [1.29, 1.82) is 0 Å². The van der Waals surface area contributed by atoms with Gasteiger partial charge in [-0.25, -0.2) is 4.79 Å². The third-order valence-corrected chi connectivity index (χ3v) is 6.40. The molecular formula is C20H24BN4O4. The summed E-state index contributed by atoms with van der Waals surface area (Å²) in [5.74, 6) is 0. The van der Waals surface area contributed by atoms with Gasteiger partial charge in [-0.15, -0.1) is 0 Å². The van der Waals surface area contributed by atoms with Crippen LogP contribution in [0.1, 0.15) is 31.2 Å². The van der Waals surface area contributed by atoms with Crippen LogP contribution in [0.15, 0.2) is 35.5 Å². The van der Waals surface area contributed by atoms with Gasteiger partial charge in [0.25, 0.3) is 7.41 Å². The van der Waals surface area contributed by atoms with E-state index in [2.05, 4.69) is 5.16 Å². The van der Waals surface area contributed by atoms with Crippen LogP contribution in [-0.2, 0) is 21.1 Å². The first-order valence-corrected chi connectivity index (χ1v) is 10.2. The molecule has 2 bridgehead atoms. The second-order valence-corrected chi connectivity index (χ2v) is 8.31. The highest BCUT2D eigenvalue weighted by atomic mass is 16.7. The number of piperidine rings is 1. The van der Waals surface area contributed by atoms with Crippen LogP contribution in [0.25, 0.3) is 0 Å². The number of benzene rings is 1. The van der Waals surface area contributed by atoms with Crippen LogP contribution in [0.5, 0.6) is 0 Å². The van der Waals surface area contributed by atoms with Crippen molar-refractivity contribution in [3.63, 3.8) is 0 Å². The Kier molecular flexibility index (Phi) is 4.79. The van der Waals surface area contributed by atoms with Crippen molar-refractivity contribution in [2.24, 2.45) is 5.16 Å². The number of carbonyl (C=O) groups excluding carboxylic acids is 2. The zero-order valence-electron chi connectivity index (χ0n) is 16.3. The maximum Gasteiger partial charge on any atom is 0.344 e. The van der Waals surface area contributed by atoms with Crippen molar-refractivity contribution in [3.8, 4) is 0 Å². The van der Waals surface area contributed by atoms with E-state index < -0.39 is 0 Å². The lowest BCUT2D eigenvalue weighted by molar-refractivity contribution is -0.140. The first-order chi connectivity index (χ1) is 14.2. The van der Waals surface area contributed by atoms with Gasteiger partial charge >= 0.3 is 6.03 Å². The highest BCUT2D eigenvalue weighted by Crippen LogP contribution is 2.38. The maximum atomic E-state index is 13.0. The minimum absolute atomic E-state index is 0.0347. The van der Waals surface area contributed by atoms with E-state index in [-0.39, 0.29) is 23.7 Å². The summed E-state index contributed by atoms with van der Waals surface area (Å²) in [7, 11) is 1.56. The van der Waals surface area contributed by atoms with E-state index in [0.717, 1.165) is 43.3 Å². The maximum absolute atomic E-state index is 13.0. The molecule has 2 amide bonds. The Labute approximate surface area is 170 Å². The van der Waals surface area contributed by atoms with Gasteiger partial charge in [0, 0.05) is 25.9 Å². The number of hydroxylamine groups is 2. The molecule has 9 heteroatoms. The molecule has 0 saturated carbocycles. The summed E-state index contributed by atoms with van der Waals surface area (Å²) in [6.07, 6.45) is 4.10. The first kappa shape index (κ1) is 18.6. The lowest BCUT2D eigenvalue weighted by Gasteiger charge is -2.30. The zero-order valence-corrected chi connectivity index (χ0v) is 16.3. The zero-order chi connectivity index (χ0) is 19.8. The number of oxime groups is 1. The summed E-state index contributed by atoms with van der Waals surface area (Å²) in [6, 6.07) is 9.85. The van der Waals surface area contributed by atoms with E-state index >= 15 is 0 Å². The fourth-order valence-electron chi connectivity index (χ4n) is 4.90. The van der Waals surface area contributed by atoms with Gasteiger partial charge < -0.3 is 19.3 Å². The molecule has 8 nitrogen and oxygen atoms in total. The van der Waals surface area contributed by atoms with E-state index in [1.165, 1.54) is 0 Å². The molecular weight excluding hydrogens is 371 g/mol. The molecule has 1 aromatic carbocycles. The molecule has 1 aromatic rings. The molecule has 0 N–H and O–H groups in total. The third kappa shape index (κ3) is 3.42. The van der Waals surface area contributed by atoms with Crippen LogP contribution in [0.3, 0.4) is 0 Å². The van der Waals surface area contributed by atoms with Gasteiger partial charge in [0.2, 0.25) is 0 Å². The summed E-state index contributed by atoms with van der Waals surface area (Å²) in [5.41, 5.74) is 1.62. The minimum atomic E-state index is -0.363. The molecule has 1 spiro atoms. The third-order valence-electron chi connectivity index (χ3n) is 6.40. The largest absolute Gasteiger partial charge is 0.387 e. The average Bonchev–Trinajstić information content (AvgIpc) is 3.41. The standard InChI is InChI=1S/C20H24BN4O4/c26-14-21-23-9-8-20(13-23)10-17(22-29-20)18-7-6-16-11-24(18)19(27)25(16)28-12-15-4-2-1-3-5-15/h1-5,14,16,18H,6-13H2/t16-,18+,20-/m1/s1. The number of hydrogen-bond donors (Lipinski definition) is 0. The van der Waals surface area contributed by atoms with Crippen molar-refractivity contribution >= 4 is 25.3 Å². The van der Waals surface area contributed by atoms with Crippen LogP contribution in [0, 0.1) is 0 Å². The number of urea groups is 1. The average molecular weight is 395 g/mol. The fraction of sp³-hybridized carbons (Fsp3) is 0.550. The summed E-state index contributed by atoms with van der Waals surface area (Å²) in [4.78, 5) is 39.3. The Morgan fingerprint density at radius 3 is 3.00 bits per heavy atom. The quantitative estimate of drug-likeness (QED) is 0.538. The molecule has 5 rings (SSSR count). The first-order valence-electron chi connectivity index (χ1n) is 10.2. The molecule has 4 aliphatic rings. The Hall–Kier alpha value is -2.39. The molecule has 3 fully saturated rings.